The van der Waals surface area contributed by atoms with Crippen LogP contribution in [-0.2, 0) is 14.6 Å². The monoisotopic (exact) mass is 319 g/mol. The molecule has 0 radical (unpaired) electrons. The topological polar surface area (TPSA) is 70.2 Å². The molecule has 0 spiro atoms. The maximum absolute atomic E-state index is 12.4. The lowest BCUT2D eigenvalue weighted by Crippen LogP contribution is -2.53. The fourth-order valence-electron chi connectivity index (χ4n) is 2.60. The summed E-state index contributed by atoms with van der Waals surface area (Å²) in [5, 5.41) is 0. The second-order valence-electron chi connectivity index (χ2n) is 5.79. The molecule has 8 heteroatoms. The van der Waals surface area contributed by atoms with Gasteiger partial charge in [-0.1, -0.05) is 0 Å². The van der Waals surface area contributed by atoms with Crippen LogP contribution in [0, 0.1) is 0 Å². The lowest BCUT2D eigenvalue weighted by Gasteiger charge is -2.36. The van der Waals surface area contributed by atoms with Crippen molar-refractivity contribution < 1.29 is 17.9 Å². The minimum absolute atomic E-state index is 0.0738. The minimum atomic E-state index is -2.95. The third-order valence-corrected chi connectivity index (χ3v) is 5.81. The Labute approximate surface area is 126 Å². The van der Waals surface area contributed by atoms with E-state index in [1.807, 2.05) is 6.92 Å². The molecule has 0 aromatic carbocycles. The van der Waals surface area contributed by atoms with Gasteiger partial charge in [0.15, 0.2) is 9.84 Å². The van der Waals surface area contributed by atoms with Gasteiger partial charge in [0.25, 0.3) is 0 Å². The summed E-state index contributed by atoms with van der Waals surface area (Å²) < 4.78 is 28.1. The summed E-state index contributed by atoms with van der Waals surface area (Å²) >= 11 is 0. The van der Waals surface area contributed by atoms with Gasteiger partial charge in [-0.05, 0) is 6.92 Å². The van der Waals surface area contributed by atoms with E-state index >= 15 is 0 Å². The summed E-state index contributed by atoms with van der Waals surface area (Å²) in [7, 11) is -1.16. The van der Waals surface area contributed by atoms with Crippen molar-refractivity contribution in [1.29, 1.82) is 0 Å². The van der Waals surface area contributed by atoms with Crippen LogP contribution >= 0.6 is 0 Å². The van der Waals surface area contributed by atoms with Gasteiger partial charge in [0, 0.05) is 45.8 Å². The molecular weight excluding hydrogens is 294 g/mol. The van der Waals surface area contributed by atoms with E-state index in [1.54, 1.807) is 16.8 Å². The van der Waals surface area contributed by atoms with Crippen LogP contribution in [0.15, 0.2) is 0 Å². The third kappa shape index (κ3) is 4.55. The molecule has 2 rings (SSSR count). The molecule has 2 fully saturated rings. The first kappa shape index (κ1) is 16.5. The number of sulfone groups is 1. The van der Waals surface area contributed by atoms with Crippen LogP contribution in [0.5, 0.6) is 0 Å². The van der Waals surface area contributed by atoms with Crippen molar-refractivity contribution in [2.24, 2.45) is 0 Å². The van der Waals surface area contributed by atoms with Gasteiger partial charge in [0.05, 0.1) is 24.7 Å². The number of ether oxygens (including phenoxy) is 1. The highest BCUT2D eigenvalue weighted by molar-refractivity contribution is 7.91. The first-order valence-corrected chi connectivity index (χ1v) is 9.23. The molecule has 2 heterocycles. The van der Waals surface area contributed by atoms with E-state index in [4.69, 9.17) is 4.74 Å². The first-order valence-electron chi connectivity index (χ1n) is 7.41. The zero-order valence-electron chi connectivity index (χ0n) is 12.8. The van der Waals surface area contributed by atoms with E-state index < -0.39 is 9.84 Å². The molecule has 1 unspecified atom stereocenters. The quantitative estimate of drug-likeness (QED) is 0.701. The molecule has 7 nitrogen and oxygen atoms in total. The number of carbonyl (C=O) groups is 1. The molecule has 21 heavy (non-hydrogen) atoms. The predicted octanol–water partition coefficient (Wildman–Crippen LogP) is -0.511. The second-order valence-corrected chi connectivity index (χ2v) is 8.10. The minimum Gasteiger partial charge on any atom is -0.379 e. The van der Waals surface area contributed by atoms with Crippen LogP contribution in [0.3, 0.4) is 0 Å². The Morgan fingerprint density at radius 1 is 1.19 bits per heavy atom. The van der Waals surface area contributed by atoms with Gasteiger partial charge in [-0.15, -0.1) is 0 Å². The van der Waals surface area contributed by atoms with Gasteiger partial charge in [-0.2, -0.15) is 0 Å². The standard InChI is InChI=1S/C13H25N3O4S/c1-12(11-15-3-7-20-8-4-15)14(2)13(17)16-5-9-21(18,19)10-6-16/h12H,3-11H2,1-2H3. The van der Waals surface area contributed by atoms with Crippen molar-refractivity contribution >= 4 is 15.9 Å². The number of rotatable bonds is 3. The summed E-state index contributed by atoms with van der Waals surface area (Å²) in [6.07, 6.45) is 0. The van der Waals surface area contributed by atoms with Crippen LogP contribution in [0.2, 0.25) is 0 Å². The van der Waals surface area contributed by atoms with Crippen molar-refractivity contribution in [2.45, 2.75) is 13.0 Å². The lowest BCUT2D eigenvalue weighted by molar-refractivity contribution is 0.0281. The Hall–Kier alpha value is -0.860. The summed E-state index contributed by atoms with van der Waals surface area (Å²) in [5.74, 6) is 0.148. The summed E-state index contributed by atoms with van der Waals surface area (Å²) in [5.41, 5.74) is 0. The molecule has 0 aromatic rings. The van der Waals surface area contributed by atoms with Gasteiger partial charge in [-0.3, -0.25) is 4.90 Å². The number of hydrogen-bond donors (Lipinski definition) is 0. The van der Waals surface area contributed by atoms with Gasteiger partial charge in [0.2, 0.25) is 0 Å². The molecule has 0 saturated carbocycles. The number of hydrogen-bond acceptors (Lipinski definition) is 5. The van der Waals surface area contributed by atoms with Crippen LogP contribution < -0.4 is 0 Å². The number of urea groups is 1. The van der Waals surface area contributed by atoms with E-state index in [0.29, 0.717) is 13.1 Å². The van der Waals surface area contributed by atoms with Crippen molar-refractivity contribution in [2.75, 3.05) is 64.5 Å². The van der Waals surface area contributed by atoms with Crippen LogP contribution in [0.4, 0.5) is 4.79 Å². The van der Waals surface area contributed by atoms with Gasteiger partial charge >= 0.3 is 6.03 Å². The number of carbonyl (C=O) groups excluding carboxylic acids is 1. The number of likely N-dealkylation sites (N-methyl/N-ethyl adjacent to an activating group) is 1. The lowest BCUT2D eigenvalue weighted by atomic mass is 10.2. The zero-order valence-corrected chi connectivity index (χ0v) is 13.6. The molecule has 122 valence electrons. The van der Waals surface area contributed by atoms with E-state index in [0.717, 1.165) is 32.8 Å². The normalized spacial score (nSPS) is 24.6. The molecule has 0 aliphatic carbocycles. The molecule has 1 atom stereocenters. The van der Waals surface area contributed by atoms with Gasteiger partial charge in [0.1, 0.15) is 0 Å². The van der Waals surface area contributed by atoms with Crippen LogP contribution in [0.1, 0.15) is 6.92 Å². The van der Waals surface area contributed by atoms with E-state index in [-0.39, 0.29) is 23.6 Å². The average Bonchev–Trinajstić information content (AvgIpc) is 2.46. The fraction of sp³-hybridized carbons (Fsp3) is 0.923. The molecule has 2 aliphatic heterocycles. The fourth-order valence-corrected chi connectivity index (χ4v) is 3.80. The van der Waals surface area contributed by atoms with E-state index in [1.165, 1.54) is 0 Å². The smallest absolute Gasteiger partial charge is 0.320 e. The first-order chi connectivity index (χ1) is 9.89. The van der Waals surface area contributed by atoms with Crippen molar-refractivity contribution in [1.82, 2.24) is 14.7 Å². The highest BCUT2D eigenvalue weighted by Gasteiger charge is 2.29. The van der Waals surface area contributed by atoms with Gasteiger partial charge in [-0.25, -0.2) is 13.2 Å². The molecule has 2 saturated heterocycles. The Morgan fingerprint density at radius 3 is 2.33 bits per heavy atom. The third-order valence-electron chi connectivity index (χ3n) is 4.20. The van der Waals surface area contributed by atoms with Crippen molar-refractivity contribution in [3.8, 4) is 0 Å². The molecule has 0 aromatic heterocycles. The molecule has 0 bridgehead atoms. The SMILES string of the molecule is CC(CN1CCOCC1)N(C)C(=O)N1CCS(=O)(=O)CC1. The molecule has 2 aliphatic rings. The largest absolute Gasteiger partial charge is 0.379 e. The Morgan fingerprint density at radius 2 is 1.76 bits per heavy atom. The molecule has 2 amide bonds. The number of morpholine rings is 1. The number of amides is 2. The Balaban J connectivity index is 1.83. The Bertz CT molecular complexity index is 448. The van der Waals surface area contributed by atoms with Crippen molar-refractivity contribution in [3.05, 3.63) is 0 Å². The van der Waals surface area contributed by atoms with Crippen LogP contribution in [0.25, 0.3) is 0 Å². The highest BCUT2D eigenvalue weighted by atomic mass is 32.2. The average molecular weight is 319 g/mol. The second kappa shape index (κ2) is 6.93. The predicted molar refractivity (Wildman–Crippen MR) is 80.1 cm³/mol. The molecular formula is C13H25N3O4S. The number of nitrogens with zero attached hydrogens (tertiary/aromatic N) is 3. The van der Waals surface area contributed by atoms with E-state index in [9.17, 15) is 13.2 Å². The van der Waals surface area contributed by atoms with E-state index in [2.05, 4.69) is 4.90 Å². The highest BCUT2D eigenvalue weighted by Crippen LogP contribution is 2.10. The van der Waals surface area contributed by atoms with Gasteiger partial charge < -0.3 is 14.5 Å². The summed E-state index contributed by atoms with van der Waals surface area (Å²) in [6.45, 7) is 6.72. The maximum Gasteiger partial charge on any atom is 0.320 e. The summed E-state index contributed by atoms with van der Waals surface area (Å²) in [4.78, 5) is 18.0. The van der Waals surface area contributed by atoms with Crippen LogP contribution in [-0.4, -0.2) is 99.7 Å². The Kier molecular flexibility index (Phi) is 5.45. The zero-order chi connectivity index (χ0) is 15.5. The maximum atomic E-state index is 12.4. The summed E-state index contributed by atoms with van der Waals surface area (Å²) in [6, 6.07) is 0.0137. The van der Waals surface area contributed by atoms with Crippen molar-refractivity contribution in [3.63, 3.8) is 0 Å². The molecule has 0 N–H and O–H groups in total.